The van der Waals surface area contributed by atoms with E-state index in [1.165, 1.54) is 12.1 Å². The van der Waals surface area contributed by atoms with Crippen molar-refractivity contribution in [3.8, 4) is 0 Å². The molecule has 2 nitrogen and oxygen atoms in total. The molecule has 2 aromatic rings. The highest BCUT2D eigenvalue weighted by Gasteiger charge is 2.30. The normalized spacial score (nSPS) is 11.3. The van der Waals surface area contributed by atoms with Crippen molar-refractivity contribution in [1.29, 1.82) is 0 Å². The summed E-state index contributed by atoms with van der Waals surface area (Å²) in [5.74, 6) is -0.362. The Morgan fingerprint density at radius 1 is 1.09 bits per heavy atom. The van der Waals surface area contributed by atoms with Crippen molar-refractivity contribution in [2.75, 3.05) is 5.32 Å². The first-order valence-electron chi connectivity index (χ1n) is 6.57. The molecule has 0 saturated heterocycles. The maximum Gasteiger partial charge on any atom is 0.416 e. The van der Waals surface area contributed by atoms with Gasteiger partial charge in [-0.05, 0) is 36.2 Å². The van der Waals surface area contributed by atoms with E-state index >= 15 is 0 Å². The largest absolute Gasteiger partial charge is 0.416 e. The summed E-state index contributed by atoms with van der Waals surface area (Å²) in [5, 5.41) is 3.03. The number of hydrogen-bond acceptors (Lipinski definition) is 1. The summed E-state index contributed by atoms with van der Waals surface area (Å²) < 4.78 is 37.8. The van der Waals surface area contributed by atoms with E-state index in [1.807, 2.05) is 6.07 Å². The summed E-state index contributed by atoms with van der Waals surface area (Å²) in [4.78, 5) is 11.8. The summed E-state index contributed by atoms with van der Waals surface area (Å²) in [6, 6.07) is 11.7. The minimum absolute atomic E-state index is 0.124. The molecule has 116 valence electrons. The highest BCUT2D eigenvalue weighted by atomic mass is 35.5. The van der Waals surface area contributed by atoms with Crippen LogP contribution in [0.3, 0.4) is 0 Å². The SMILES string of the molecule is O=C(CCc1ccccc1Cl)Nc1cccc(C(F)(F)F)c1. The Kier molecular flexibility index (Phi) is 5.08. The highest BCUT2D eigenvalue weighted by molar-refractivity contribution is 6.31. The van der Waals surface area contributed by atoms with Crippen LogP contribution in [-0.2, 0) is 17.4 Å². The average molecular weight is 328 g/mol. The quantitative estimate of drug-likeness (QED) is 0.847. The summed E-state index contributed by atoms with van der Waals surface area (Å²) in [6.45, 7) is 0. The summed E-state index contributed by atoms with van der Waals surface area (Å²) >= 11 is 5.98. The van der Waals surface area contributed by atoms with Crippen LogP contribution >= 0.6 is 11.6 Å². The standard InChI is InChI=1S/C16H13ClF3NO/c17-14-7-2-1-4-11(14)8-9-15(22)21-13-6-3-5-12(10-13)16(18,19)20/h1-7,10H,8-9H2,(H,21,22). The summed E-state index contributed by atoms with van der Waals surface area (Å²) in [6.07, 6.45) is -3.87. The van der Waals surface area contributed by atoms with Crippen LogP contribution in [-0.4, -0.2) is 5.91 Å². The van der Waals surface area contributed by atoms with Gasteiger partial charge in [0.2, 0.25) is 5.91 Å². The zero-order valence-corrected chi connectivity index (χ0v) is 12.2. The number of halogens is 4. The third-order valence-electron chi connectivity index (χ3n) is 3.05. The van der Waals surface area contributed by atoms with Crippen molar-refractivity contribution >= 4 is 23.2 Å². The van der Waals surface area contributed by atoms with Gasteiger partial charge in [-0.15, -0.1) is 0 Å². The zero-order chi connectivity index (χ0) is 16.2. The second-order valence-corrected chi connectivity index (χ2v) is 5.13. The predicted octanol–water partition coefficient (Wildman–Crippen LogP) is 4.93. The van der Waals surface area contributed by atoms with Crippen LogP contribution in [0.5, 0.6) is 0 Å². The van der Waals surface area contributed by atoms with Crippen LogP contribution in [0.25, 0.3) is 0 Å². The Labute approximate surface area is 130 Å². The van der Waals surface area contributed by atoms with Gasteiger partial charge in [0.1, 0.15) is 0 Å². The van der Waals surface area contributed by atoms with Crippen LogP contribution in [0.4, 0.5) is 18.9 Å². The van der Waals surface area contributed by atoms with E-state index in [9.17, 15) is 18.0 Å². The molecule has 1 N–H and O–H groups in total. The third kappa shape index (κ3) is 4.49. The lowest BCUT2D eigenvalue weighted by Gasteiger charge is -2.10. The smallest absolute Gasteiger partial charge is 0.326 e. The van der Waals surface area contributed by atoms with E-state index in [1.54, 1.807) is 18.2 Å². The third-order valence-corrected chi connectivity index (χ3v) is 3.42. The molecule has 0 saturated carbocycles. The maximum atomic E-state index is 12.6. The number of rotatable bonds is 4. The van der Waals surface area contributed by atoms with Gasteiger partial charge in [0.05, 0.1) is 5.56 Å². The fourth-order valence-electron chi connectivity index (χ4n) is 1.95. The number of alkyl halides is 3. The van der Waals surface area contributed by atoms with E-state index in [0.717, 1.165) is 17.7 Å². The Balaban J connectivity index is 1.97. The monoisotopic (exact) mass is 327 g/mol. The molecule has 0 aliphatic heterocycles. The van der Waals surface area contributed by atoms with Crippen molar-refractivity contribution in [3.63, 3.8) is 0 Å². The van der Waals surface area contributed by atoms with Crippen molar-refractivity contribution in [2.24, 2.45) is 0 Å². The molecule has 6 heteroatoms. The summed E-state index contributed by atoms with van der Waals surface area (Å²) in [7, 11) is 0. The predicted molar refractivity (Wildman–Crippen MR) is 79.8 cm³/mol. The van der Waals surface area contributed by atoms with Gasteiger partial charge in [0.25, 0.3) is 0 Å². The highest BCUT2D eigenvalue weighted by Crippen LogP contribution is 2.30. The molecule has 0 aliphatic rings. The molecule has 0 radical (unpaired) electrons. The van der Waals surface area contributed by atoms with E-state index < -0.39 is 11.7 Å². The maximum absolute atomic E-state index is 12.6. The fourth-order valence-corrected chi connectivity index (χ4v) is 2.18. The van der Waals surface area contributed by atoms with E-state index in [2.05, 4.69) is 5.32 Å². The van der Waals surface area contributed by atoms with Gasteiger partial charge in [-0.2, -0.15) is 13.2 Å². The number of carbonyl (C=O) groups excluding carboxylic acids is 1. The molecule has 0 aromatic heterocycles. The lowest BCUT2D eigenvalue weighted by molar-refractivity contribution is -0.137. The topological polar surface area (TPSA) is 29.1 Å². The van der Waals surface area contributed by atoms with Crippen LogP contribution in [0.1, 0.15) is 17.5 Å². The van der Waals surface area contributed by atoms with Crippen LogP contribution in [0.15, 0.2) is 48.5 Å². The van der Waals surface area contributed by atoms with E-state index in [4.69, 9.17) is 11.6 Å². The second-order valence-electron chi connectivity index (χ2n) is 4.72. The van der Waals surface area contributed by atoms with E-state index in [-0.39, 0.29) is 18.0 Å². The van der Waals surface area contributed by atoms with Crippen LogP contribution in [0.2, 0.25) is 5.02 Å². The van der Waals surface area contributed by atoms with Gasteiger partial charge in [-0.25, -0.2) is 0 Å². The molecule has 22 heavy (non-hydrogen) atoms. The number of benzene rings is 2. The van der Waals surface area contributed by atoms with Gasteiger partial charge >= 0.3 is 6.18 Å². The van der Waals surface area contributed by atoms with Gasteiger partial charge in [-0.3, -0.25) is 4.79 Å². The molecule has 1 amide bonds. The number of carbonyl (C=O) groups is 1. The van der Waals surface area contributed by atoms with E-state index in [0.29, 0.717) is 11.4 Å². The van der Waals surface area contributed by atoms with Crippen LogP contribution in [0, 0.1) is 0 Å². The van der Waals surface area contributed by atoms with Crippen molar-refractivity contribution in [2.45, 2.75) is 19.0 Å². The Morgan fingerprint density at radius 3 is 2.50 bits per heavy atom. The Morgan fingerprint density at radius 2 is 1.82 bits per heavy atom. The molecule has 0 bridgehead atoms. The number of hydrogen-bond donors (Lipinski definition) is 1. The molecule has 0 aliphatic carbocycles. The molecule has 0 spiro atoms. The molecule has 0 atom stereocenters. The molecular formula is C16H13ClF3NO. The van der Waals surface area contributed by atoms with Gasteiger partial charge < -0.3 is 5.32 Å². The van der Waals surface area contributed by atoms with Crippen molar-refractivity contribution < 1.29 is 18.0 Å². The minimum atomic E-state index is -4.43. The lowest BCUT2D eigenvalue weighted by Crippen LogP contribution is -2.13. The minimum Gasteiger partial charge on any atom is -0.326 e. The molecule has 2 aromatic carbocycles. The van der Waals surface area contributed by atoms with Gasteiger partial charge in [0, 0.05) is 17.1 Å². The summed E-state index contributed by atoms with van der Waals surface area (Å²) in [5.41, 5.74) is 0.152. The van der Waals surface area contributed by atoms with Crippen molar-refractivity contribution in [3.05, 3.63) is 64.7 Å². The first kappa shape index (κ1) is 16.4. The molecule has 0 unspecified atom stereocenters. The van der Waals surface area contributed by atoms with Crippen LogP contribution < -0.4 is 5.32 Å². The second kappa shape index (κ2) is 6.83. The Bertz CT molecular complexity index is 670. The first-order valence-corrected chi connectivity index (χ1v) is 6.94. The lowest BCUT2D eigenvalue weighted by atomic mass is 10.1. The number of anilines is 1. The molecule has 2 rings (SSSR count). The fraction of sp³-hybridized carbons (Fsp3) is 0.188. The van der Waals surface area contributed by atoms with Gasteiger partial charge in [-0.1, -0.05) is 35.9 Å². The number of nitrogens with one attached hydrogen (secondary N) is 1. The molecular weight excluding hydrogens is 315 g/mol. The number of aryl methyl sites for hydroxylation is 1. The van der Waals surface area contributed by atoms with Crippen molar-refractivity contribution in [1.82, 2.24) is 0 Å². The average Bonchev–Trinajstić information content (AvgIpc) is 2.46. The first-order chi connectivity index (χ1) is 10.4. The molecule has 0 heterocycles. The number of amides is 1. The zero-order valence-electron chi connectivity index (χ0n) is 11.5. The Hall–Kier alpha value is -2.01. The molecule has 0 fully saturated rings. The van der Waals surface area contributed by atoms with Gasteiger partial charge in [0.15, 0.2) is 0 Å².